The molecule has 1 amide bonds. The molecular weight excluding hydrogens is 482 g/mol. The molecule has 3 rings (SSSR count). The fraction of sp³-hybridized carbons (Fsp3) is 0.238. The van der Waals surface area contributed by atoms with Gasteiger partial charge in [0.1, 0.15) is 11.5 Å². The van der Waals surface area contributed by atoms with Crippen molar-refractivity contribution in [1.29, 1.82) is 0 Å². The number of carbonyl (C=O) groups excluding carboxylic acids is 1. The summed E-state index contributed by atoms with van der Waals surface area (Å²) in [5.41, 5.74) is -0.354. The van der Waals surface area contributed by atoms with Crippen molar-refractivity contribution in [3.05, 3.63) is 70.5 Å². The van der Waals surface area contributed by atoms with Gasteiger partial charge in [0.05, 0.1) is 22.2 Å². The van der Waals surface area contributed by atoms with Crippen LogP contribution in [0.5, 0.6) is 0 Å². The number of thiol groups is 1. The number of rotatable bonds is 7. The molecule has 6 nitrogen and oxygen atoms in total. The van der Waals surface area contributed by atoms with Crippen LogP contribution in [0.3, 0.4) is 0 Å². The van der Waals surface area contributed by atoms with E-state index in [1.165, 1.54) is 43.5 Å². The molecule has 176 valence electrons. The highest BCUT2D eigenvalue weighted by atomic mass is 32.2. The summed E-state index contributed by atoms with van der Waals surface area (Å²) in [6.45, 7) is 1.45. The number of hydrogen-bond donors (Lipinski definition) is 2. The third-order valence-corrected chi connectivity index (χ3v) is 6.52. The second-order valence-electron chi connectivity index (χ2n) is 7.09. The van der Waals surface area contributed by atoms with E-state index >= 15 is 0 Å². The molecule has 2 aromatic heterocycles. The van der Waals surface area contributed by atoms with Gasteiger partial charge in [-0.1, -0.05) is 18.2 Å². The van der Waals surface area contributed by atoms with Gasteiger partial charge in [-0.3, -0.25) is 9.10 Å². The number of hydrogen-bond acceptors (Lipinski definition) is 5. The topological polar surface area (TPSA) is 79.4 Å². The van der Waals surface area contributed by atoms with Gasteiger partial charge in [0, 0.05) is 13.6 Å². The molecule has 0 saturated heterocycles. The molecule has 0 spiro atoms. The highest BCUT2D eigenvalue weighted by Crippen LogP contribution is 2.33. The summed E-state index contributed by atoms with van der Waals surface area (Å²) in [7, 11) is -1.82. The molecule has 1 unspecified atom stereocenters. The number of anilines is 1. The van der Waals surface area contributed by atoms with Crippen molar-refractivity contribution in [1.82, 2.24) is 10.3 Å². The summed E-state index contributed by atoms with van der Waals surface area (Å²) >= 11 is 1.22. The quantitative estimate of drug-likeness (QED) is 0.373. The summed E-state index contributed by atoms with van der Waals surface area (Å²) < 4.78 is 76.5. The molecule has 0 aliphatic rings. The van der Waals surface area contributed by atoms with Gasteiger partial charge in [-0.2, -0.15) is 13.2 Å². The van der Waals surface area contributed by atoms with Gasteiger partial charge >= 0.3 is 6.18 Å². The summed E-state index contributed by atoms with van der Waals surface area (Å²) in [5.74, 6) is -2.09. The van der Waals surface area contributed by atoms with Crippen molar-refractivity contribution >= 4 is 33.8 Å². The molecule has 1 aromatic carbocycles. The molecule has 0 aliphatic heterocycles. The Bertz CT molecular complexity index is 1220. The third kappa shape index (κ3) is 5.69. The molecule has 3 aromatic rings. The van der Waals surface area contributed by atoms with Gasteiger partial charge < -0.3 is 5.32 Å². The van der Waals surface area contributed by atoms with Gasteiger partial charge in [0.2, 0.25) is 16.8 Å². The Morgan fingerprint density at radius 2 is 1.94 bits per heavy atom. The lowest BCUT2D eigenvalue weighted by Crippen LogP contribution is -2.28. The van der Waals surface area contributed by atoms with E-state index in [4.69, 9.17) is 0 Å². The first kappa shape index (κ1) is 24.6. The minimum atomic E-state index is -4.61. The SMILES string of the molecule is CC(C(=O)NCc1ccc(C(F)(F)F)nc1-c1cccs1)c1ccc(N(C)[SH](=O)=O)c(F)c1. The van der Waals surface area contributed by atoms with E-state index in [1.807, 2.05) is 0 Å². The molecule has 0 fully saturated rings. The van der Waals surface area contributed by atoms with Gasteiger partial charge in [-0.15, -0.1) is 11.3 Å². The Kier molecular flexibility index (Phi) is 7.38. The minimum Gasteiger partial charge on any atom is -0.351 e. The summed E-state index contributed by atoms with van der Waals surface area (Å²) in [6.07, 6.45) is -4.61. The van der Waals surface area contributed by atoms with Crippen molar-refractivity contribution in [3.63, 3.8) is 0 Å². The largest absolute Gasteiger partial charge is 0.433 e. The number of pyridine rings is 1. The Morgan fingerprint density at radius 1 is 1.21 bits per heavy atom. The zero-order chi connectivity index (χ0) is 24.3. The second-order valence-corrected chi connectivity index (χ2v) is 9.11. The first-order valence-corrected chi connectivity index (χ1v) is 11.6. The molecule has 0 bridgehead atoms. The van der Waals surface area contributed by atoms with Crippen LogP contribution in [0.4, 0.5) is 23.2 Å². The molecule has 0 saturated carbocycles. The zero-order valence-corrected chi connectivity index (χ0v) is 19.1. The molecule has 1 N–H and O–H groups in total. The number of alkyl halides is 3. The van der Waals surface area contributed by atoms with E-state index in [1.54, 1.807) is 17.5 Å². The van der Waals surface area contributed by atoms with Crippen LogP contribution < -0.4 is 9.62 Å². The van der Waals surface area contributed by atoms with E-state index in [9.17, 15) is 30.8 Å². The van der Waals surface area contributed by atoms with Gasteiger partial charge in [-0.25, -0.2) is 17.8 Å². The Morgan fingerprint density at radius 3 is 2.52 bits per heavy atom. The molecule has 0 aliphatic carbocycles. The lowest BCUT2D eigenvalue weighted by Gasteiger charge is -2.17. The lowest BCUT2D eigenvalue weighted by atomic mass is 9.99. The standard InChI is InChI=1S/C21H19F4N3O3S2/c1-12(13-5-7-16(15(22)10-13)28(2)33(30)31)20(29)26-11-14-6-8-18(21(23,24)25)27-19(14)17-4-3-9-32-17/h3-10,12,33H,11H2,1-2H3,(H,26,29). The molecule has 33 heavy (non-hydrogen) atoms. The summed E-state index contributed by atoms with van der Waals surface area (Å²) in [5, 5.41) is 4.36. The van der Waals surface area contributed by atoms with Crippen LogP contribution in [-0.4, -0.2) is 26.4 Å². The Balaban J connectivity index is 1.79. The fourth-order valence-corrected chi connectivity index (χ4v) is 4.13. The number of nitrogens with one attached hydrogen (secondary N) is 1. The average molecular weight is 502 g/mol. The van der Waals surface area contributed by atoms with Crippen LogP contribution in [-0.2, 0) is 28.4 Å². The maximum absolute atomic E-state index is 14.3. The molecule has 0 radical (unpaired) electrons. The van der Waals surface area contributed by atoms with Gasteiger partial charge in [0.15, 0.2) is 0 Å². The van der Waals surface area contributed by atoms with Crippen molar-refractivity contribution < 1.29 is 30.8 Å². The molecule has 1 atom stereocenters. The predicted molar refractivity (Wildman–Crippen MR) is 118 cm³/mol. The monoisotopic (exact) mass is 501 g/mol. The highest BCUT2D eigenvalue weighted by molar-refractivity contribution is 7.74. The second kappa shape index (κ2) is 9.87. The maximum atomic E-state index is 14.3. The predicted octanol–water partition coefficient (Wildman–Crippen LogP) is 4.35. The lowest BCUT2D eigenvalue weighted by molar-refractivity contribution is -0.141. The number of halogens is 4. The number of thiophene rings is 1. The van der Waals surface area contributed by atoms with Gasteiger partial charge in [0.25, 0.3) is 0 Å². The number of benzene rings is 1. The van der Waals surface area contributed by atoms with Gasteiger partial charge in [-0.05, 0) is 47.7 Å². The minimum absolute atomic E-state index is 0.0818. The van der Waals surface area contributed by atoms with Crippen LogP contribution >= 0.6 is 11.3 Å². The van der Waals surface area contributed by atoms with Crippen LogP contribution in [0.2, 0.25) is 0 Å². The van der Waals surface area contributed by atoms with E-state index in [2.05, 4.69) is 10.3 Å². The van der Waals surface area contributed by atoms with E-state index in [-0.39, 0.29) is 17.9 Å². The van der Waals surface area contributed by atoms with Crippen molar-refractivity contribution in [2.24, 2.45) is 0 Å². The Hall–Kier alpha value is -2.99. The van der Waals surface area contributed by atoms with E-state index in [0.717, 1.165) is 16.4 Å². The summed E-state index contributed by atoms with van der Waals surface area (Å²) in [6, 6.07) is 9.22. The number of carbonyl (C=O) groups is 1. The molecule has 12 heteroatoms. The zero-order valence-electron chi connectivity index (χ0n) is 17.4. The number of aromatic nitrogens is 1. The van der Waals surface area contributed by atoms with Crippen LogP contribution in [0.15, 0.2) is 47.8 Å². The molecule has 2 heterocycles. The highest BCUT2D eigenvalue weighted by Gasteiger charge is 2.33. The number of nitrogens with zero attached hydrogens (tertiary/aromatic N) is 2. The smallest absolute Gasteiger partial charge is 0.351 e. The fourth-order valence-electron chi connectivity index (χ4n) is 3.04. The number of amides is 1. The van der Waals surface area contributed by atoms with Crippen LogP contribution in [0.25, 0.3) is 10.6 Å². The first-order valence-electron chi connectivity index (χ1n) is 9.55. The van der Waals surface area contributed by atoms with Crippen molar-refractivity contribution in [2.45, 2.75) is 25.6 Å². The van der Waals surface area contributed by atoms with Crippen LogP contribution in [0, 0.1) is 5.82 Å². The van der Waals surface area contributed by atoms with Crippen molar-refractivity contribution in [2.75, 3.05) is 11.4 Å². The molecular formula is C21H19F4N3O3S2. The Labute approximate surface area is 193 Å². The van der Waals surface area contributed by atoms with E-state index in [0.29, 0.717) is 16.0 Å². The van der Waals surface area contributed by atoms with Crippen LogP contribution in [0.1, 0.15) is 29.7 Å². The first-order chi connectivity index (χ1) is 15.5. The summed E-state index contributed by atoms with van der Waals surface area (Å²) in [4.78, 5) is 16.9. The van der Waals surface area contributed by atoms with Crippen molar-refractivity contribution in [3.8, 4) is 10.6 Å². The normalized spacial score (nSPS) is 12.6. The third-order valence-electron chi connectivity index (χ3n) is 4.94. The maximum Gasteiger partial charge on any atom is 0.433 e. The average Bonchev–Trinajstić information content (AvgIpc) is 3.30. The van der Waals surface area contributed by atoms with E-state index < -0.39 is 40.4 Å².